The summed E-state index contributed by atoms with van der Waals surface area (Å²) in [5.74, 6) is 0.598. The fraction of sp³-hybridized carbons (Fsp3) is 0.185. The van der Waals surface area contributed by atoms with Gasteiger partial charge in [0.15, 0.2) is 11.5 Å². The van der Waals surface area contributed by atoms with Gasteiger partial charge in [-0.25, -0.2) is 0 Å². The van der Waals surface area contributed by atoms with Crippen molar-refractivity contribution in [3.63, 3.8) is 0 Å². The molecule has 8 nitrogen and oxygen atoms in total. The molecule has 1 heterocycles. The predicted molar refractivity (Wildman–Crippen MR) is 138 cm³/mol. The Hall–Kier alpha value is -4.11. The topological polar surface area (TPSA) is 99.0 Å². The molecule has 2 amide bonds. The Balaban J connectivity index is 1.51. The van der Waals surface area contributed by atoms with Crippen LogP contribution in [0.1, 0.15) is 29.2 Å². The highest BCUT2D eigenvalue weighted by molar-refractivity contribution is 8.18. The van der Waals surface area contributed by atoms with Crippen LogP contribution in [0, 0.1) is 17.0 Å². The minimum atomic E-state index is -0.452. The lowest BCUT2D eigenvalue weighted by Crippen LogP contribution is -2.27. The molecule has 4 rings (SSSR count). The van der Waals surface area contributed by atoms with E-state index in [1.54, 1.807) is 36.4 Å². The van der Waals surface area contributed by atoms with Crippen LogP contribution in [0.5, 0.6) is 11.5 Å². The van der Waals surface area contributed by atoms with Crippen LogP contribution in [0.3, 0.4) is 0 Å². The van der Waals surface area contributed by atoms with Crippen molar-refractivity contribution in [1.82, 2.24) is 4.90 Å². The molecule has 0 aromatic heterocycles. The van der Waals surface area contributed by atoms with Crippen molar-refractivity contribution in [1.29, 1.82) is 0 Å². The summed E-state index contributed by atoms with van der Waals surface area (Å²) in [5.41, 5.74) is 3.26. The van der Waals surface area contributed by atoms with Crippen molar-refractivity contribution in [2.45, 2.75) is 27.0 Å². The van der Waals surface area contributed by atoms with Crippen LogP contribution in [-0.2, 0) is 17.9 Å². The summed E-state index contributed by atoms with van der Waals surface area (Å²) in [4.78, 5) is 37.6. The second-order valence-corrected chi connectivity index (χ2v) is 9.04. The van der Waals surface area contributed by atoms with Crippen molar-refractivity contribution in [3.8, 4) is 11.5 Å². The highest BCUT2D eigenvalue weighted by Crippen LogP contribution is 2.36. The summed E-state index contributed by atoms with van der Waals surface area (Å²) < 4.78 is 11.6. The number of benzene rings is 3. The normalized spacial score (nSPS) is 14.4. The van der Waals surface area contributed by atoms with Gasteiger partial charge in [0.25, 0.3) is 16.8 Å². The van der Waals surface area contributed by atoms with Crippen molar-refractivity contribution < 1.29 is 24.0 Å². The molecule has 0 spiro atoms. The second-order valence-electron chi connectivity index (χ2n) is 8.05. The molecule has 0 N–H and O–H groups in total. The fourth-order valence-corrected chi connectivity index (χ4v) is 4.51. The standard InChI is InChI=1S/C27H24N2O6S/c1-3-34-24-14-19(11-12-23(24)35-17-20-8-6-10-22(13-20)29(32)33)15-25-26(30)28(27(31)36-25)16-21-9-5-4-7-18(21)2/h4-15H,3,16-17H2,1-2H3/b25-15-. The molecule has 1 aliphatic heterocycles. The highest BCUT2D eigenvalue weighted by Gasteiger charge is 2.35. The molecule has 3 aromatic rings. The number of hydrogen-bond donors (Lipinski definition) is 0. The Morgan fingerprint density at radius 1 is 1.00 bits per heavy atom. The molecular weight excluding hydrogens is 480 g/mol. The number of ether oxygens (including phenoxy) is 2. The third-order valence-corrected chi connectivity index (χ3v) is 6.45. The first-order valence-corrected chi connectivity index (χ1v) is 12.1. The van der Waals surface area contributed by atoms with Crippen LogP contribution >= 0.6 is 11.8 Å². The maximum absolute atomic E-state index is 13.0. The number of aryl methyl sites for hydroxylation is 1. The van der Waals surface area contributed by atoms with Gasteiger partial charge in [0, 0.05) is 12.1 Å². The molecule has 0 unspecified atom stereocenters. The lowest BCUT2D eigenvalue weighted by molar-refractivity contribution is -0.384. The molecule has 9 heteroatoms. The Morgan fingerprint density at radius 3 is 2.56 bits per heavy atom. The zero-order chi connectivity index (χ0) is 25.7. The molecule has 0 bridgehead atoms. The van der Waals surface area contributed by atoms with Gasteiger partial charge in [-0.1, -0.05) is 42.5 Å². The number of nitro groups is 1. The van der Waals surface area contributed by atoms with Crippen molar-refractivity contribution in [2.24, 2.45) is 0 Å². The molecule has 0 saturated carbocycles. The van der Waals surface area contributed by atoms with E-state index in [1.165, 1.54) is 17.0 Å². The van der Waals surface area contributed by atoms with Crippen LogP contribution in [0.2, 0.25) is 0 Å². The first kappa shape index (κ1) is 25.0. The van der Waals surface area contributed by atoms with E-state index in [0.717, 1.165) is 22.9 Å². The van der Waals surface area contributed by atoms with Crippen LogP contribution in [-0.4, -0.2) is 27.6 Å². The summed E-state index contributed by atoms with van der Waals surface area (Å²) in [6, 6.07) is 19.1. The van der Waals surface area contributed by atoms with Gasteiger partial charge in [-0.15, -0.1) is 0 Å². The fourth-order valence-electron chi connectivity index (χ4n) is 3.67. The summed E-state index contributed by atoms with van der Waals surface area (Å²) in [5, 5.41) is 10.7. The third-order valence-electron chi connectivity index (χ3n) is 5.54. The molecule has 1 aliphatic rings. The summed E-state index contributed by atoms with van der Waals surface area (Å²) in [7, 11) is 0. The monoisotopic (exact) mass is 504 g/mol. The van der Waals surface area contributed by atoms with E-state index in [4.69, 9.17) is 9.47 Å². The number of rotatable bonds is 9. The number of nitrogens with zero attached hydrogens (tertiary/aromatic N) is 2. The van der Waals surface area contributed by atoms with Gasteiger partial charge in [0.05, 0.1) is 23.0 Å². The number of non-ortho nitro benzene ring substituents is 1. The summed E-state index contributed by atoms with van der Waals surface area (Å²) in [6.45, 7) is 4.53. The maximum Gasteiger partial charge on any atom is 0.293 e. The van der Waals surface area contributed by atoms with E-state index in [0.29, 0.717) is 34.1 Å². The van der Waals surface area contributed by atoms with Gasteiger partial charge in [0.1, 0.15) is 6.61 Å². The molecule has 0 aliphatic carbocycles. The van der Waals surface area contributed by atoms with Crippen molar-refractivity contribution >= 4 is 34.7 Å². The molecule has 1 fully saturated rings. The number of carbonyl (C=O) groups excluding carboxylic acids is 2. The minimum absolute atomic E-state index is 0.00662. The average molecular weight is 505 g/mol. The average Bonchev–Trinajstić information content (AvgIpc) is 3.12. The number of carbonyl (C=O) groups is 2. The number of amides is 2. The molecule has 1 saturated heterocycles. The molecule has 36 heavy (non-hydrogen) atoms. The van der Waals surface area contributed by atoms with Crippen LogP contribution < -0.4 is 9.47 Å². The first-order valence-electron chi connectivity index (χ1n) is 11.3. The van der Waals surface area contributed by atoms with Crippen LogP contribution in [0.4, 0.5) is 10.5 Å². The smallest absolute Gasteiger partial charge is 0.293 e. The number of imide groups is 1. The summed E-state index contributed by atoms with van der Waals surface area (Å²) >= 11 is 0.908. The van der Waals surface area contributed by atoms with E-state index < -0.39 is 4.92 Å². The van der Waals surface area contributed by atoms with Gasteiger partial charge in [0.2, 0.25) is 0 Å². The Bertz CT molecular complexity index is 1350. The first-order chi connectivity index (χ1) is 17.4. The predicted octanol–water partition coefficient (Wildman–Crippen LogP) is 6.12. The summed E-state index contributed by atoms with van der Waals surface area (Å²) in [6.07, 6.45) is 1.66. The zero-order valence-corrected chi connectivity index (χ0v) is 20.6. The molecule has 0 radical (unpaired) electrons. The third kappa shape index (κ3) is 5.75. The Morgan fingerprint density at radius 2 is 1.81 bits per heavy atom. The minimum Gasteiger partial charge on any atom is -0.490 e. The van der Waals surface area contributed by atoms with Gasteiger partial charge in [-0.3, -0.25) is 24.6 Å². The number of nitro benzene ring substituents is 1. The lowest BCUT2D eigenvalue weighted by atomic mass is 10.1. The Kier molecular flexibility index (Phi) is 7.70. The maximum atomic E-state index is 13.0. The molecule has 184 valence electrons. The SMILES string of the molecule is CCOc1cc(/C=C2\SC(=O)N(Cc3ccccc3C)C2=O)ccc1OCc1cccc([N+](=O)[O-])c1. The van der Waals surface area contributed by atoms with Gasteiger partial charge in [-0.2, -0.15) is 0 Å². The van der Waals surface area contributed by atoms with Crippen molar-refractivity contribution in [3.05, 3.63) is 104 Å². The lowest BCUT2D eigenvalue weighted by Gasteiger charge is -2.14. The van der Waals surface area contributed by atoms with Crippen LogP contribution in [0.25, 0.3) is 6.08 Å². The molecule has 3 aromatic carbocycles. The number of thioether (sulfide) groups is 1. The van der Waals surface area contributed by atoms with Gasteiger partial charge >= 0.3 is 0 Å². The Labute approximate surface area is 212 Å². The van der Waals surface area contributed by atoms with E-state index in [2.05, 4.69) is 0 Å². The second kappa shape index (κ2) is 11.1. The highest BCUT2D eigenvalue weighted by atomic mass is 32.2. The van der Waals surface area contributed by atoms with E-state index in [-0.39, 0.29) is 30.0 Å². The van der Waals surface area contributed by atoms with Crippen LogP contribution in [0.15, 0.2) is 71.6 Å². The quantitative estimate of drug-likeness (QED) is 0.197. The van der Waals surface area contributed by atoms with Crippen molar-refractivity contribution in [2.75, 3.05) is 6.61 Å². The van der Waals surface area contributed by atoms with E-state index in [1.807, 2.05) is 38.1 Å². The van der Waals surface area contributed by atoms with Gasteiger partial charge in [-0.05, 0) is 66.1 Å². The van der Waals surface area contributed by atoms with E-state index >= 15 is 0 Å². The zero-order valence-electron chi connectivity index (χ0n) is 19.8. The van der Waals surface area contributed by atoms with Gasteiger partial charge < -0.3 is 9.47 Å². The largest absolute Gasteiger partial charge is 0.490 e. The number of hydrogen-bond acceptors (Lipinski definition) is 7. The van der Waals surface area contributed by atoms with E-state index in [9.17, 15) is 19.7 Å². The molecular formula is C27H24N2O6S. The molecule has 0 atom stereocenters.